The van der Waals surface area contributed by atoms with E-state index in [-0.39, 0.29) is 40.7 Å². The van der Waals surface area contributed by atoms with E-state index in [0.29, 0.717) is 12.4 Å². The summed E-state index contributed by atoms with van der Waals surface area (Å²) in [4.78, 5) is 26.6. The van der Waals surface area contributed by atoms with E-state index < -0.39 is 5.82 Å². The standard InChI is InChI=1S/C34H36FN7O3/c1-22(2)42(18-23-6-4-3-5-7-23)33(43)26-14-24(35)8-9-29(26)45-32-31(38-21-39-40-32)41-19-34(20-41)15-25(16-34)44-30-11-13-37-28-10-12-36-17-27(28)30/h3-9,11,13-14,21-22,25,36H,10,12,15-20H2,1-2H3. The molecule has 1 spiro atoms. The minimum atomic E-state index is -0.526. The fourth-order valence-corrected chi connectivity index (χ4v) is 6.62. The van der Waals surface area contributed by atoms with Crippen LogP contribution in [0, 0.1) is 11.2 Å². The predicted octanol–water partition coefficient (Wildman–Crippen LogP) is 4.94. The Morgan fingerprint density at radius 2 is 1.93 bits per heavy atom. The Balaban J connectivity index is 1.04. The third-order valence-electron chi connectivity index (χ3n) is 8.94. The number of fused-ring (bicyclic) bond motifs is 1. The molecule has 2 aromatic heterocycles. The molecule has 4 heterocycles. The Hall–Kier alpha value is -4.64. The van der Waals surface area contributed by atoms with Gasteiger partial charge in [-0.15, -0.1) is 10.2 Å². The molecule has 1 amide bonds. The summed E-state index contributed by atoms with van der Waals surface area (Å²) >= 11 is 0. The first kappa shape index (κ1) is 29.1. The van der Waals surface area contributed by atoms with Crippen LogP contribution in [0.5, 0.6) is 17.4 Å². The molecular formula is C34H36FN7O3. The molecule has 232 valence electrons. The second-order valence-electron chi connectivity index (χ2n) is 12.5. The molecule has 1 saturated carbocycles. The third-order valence-corrected chi connectivity index (χ3v) is 8.94. The van der Waals surface area contributed by atoms with Crippen molar-refractivity contribution < 1.29 is 18.7 Å². The number of carbonyl (C=O) groups excluding carboxylic acids is 1. The molecule has 1 saturated heterocycles. The van der Waals surface area contributed by atoms with Crippen LogP contribution in [0.2, 0.25) is 0 Å². The second kappa shape index (κ2) is 12.0. The highest BCUT2D eigenvalue weighted by Crippen LogP contribution is 2.52. The second-order valence-corrected chi connectivity index (χ2v) is 12.5. The van der Waals surface area contributed by atoms with Gasteiger partial charge in [-0.1, -0.05) is 30.3 Å². The van der Waals surface area contributed by atoms with Crippen LogP contribution < -0.4 is 19.7 Å². The highest BCUT2D eigenvalue weighted by Gasteiger charge is 2.54. The van der Waals surface area contributed by atoms with Gasteiger partial charge in [0, 0.05) is 68.1 Å². The van der Waals surface area contributed by atoms with Crippen LogP contribution >= 0.6 is 0 Å². The summed E-state index contributed by atoms with van der Waals surface area (Å²) in [6.45, 7) is 7.55. The van der Waals surface area contributed by atoms with Gasteiger partial charge in [-0.05, 0) is 56.5 Å². The van der Waals surface area contributed by atoms with E-state index in [1.54, 1.807) is 4.90 Å². The van der Waals surface area contributed by atoms with Crippen molar-refractivity contribution in [3.63, 3.8) is 0 Å². The molecule has 2 fully saturated rings. The summed E-state index contributed by atoms with van der Waals surface area (Å²) in [7, 11) is 0. The van der Waals surface area contributed by atoms with Gasteiger partial charge in [0.05, 0.1) is 5.56 Å². The van der Waals surface area contributed by atoms with Gasteiger partial charge in [-0.2, -0.15) is 0 Å². The number of rotatable bonds is 9. The molecular weight excluding hydrogens is 573 g/mol. The van der Waals surface area contributed by atoms with Gasteiger partial charge in [-0.25, -0.2) is 9.37 Å². The first-order valence-electron chi connectivity index (χ1n) is 15.5. The highest BCUT2D eigenvalue weighted by molar-refractivity contribution is 5.97. The smallest absolute Gasteiger partial charge is 0.282 e. The zero-order chi connectivity index (χ0) is 31.0. The fourth-order valence-electron chi connectivity index (χ4n) is 6.62. The van der Waals surface area contributed by atoms with E-state index in [9.17, 15) is 9.18 Å². The normalized spacial score (nSPS) is 16.9. The Kier molecular flexibility index (Phi) is 7.78. The highest BCUT2D eigenvalue weighted by atomic mass is 19.1. The van der Waals surface area contributed by atoms with E-state index >= 15 is 0 Å². The number of nitrogens with one attached hydrogen (secondary N) is 1. The van der Waals surface area contributed by atoms with E-state index in [1.807, 2.05) is 56.4 Å². The summed E-state index contributed by atoms with van der Waals surface area (Å²) in [6, 6.07) is 15.5. The molecule has 0 unspecified atom stereocenters. The molecule has 11 heteroatoms. The summed E-state index contributed by atoms with van der Waals surface area (Å²) in [5.41, 5.74) is 3.53. The van der Waals surface area contributed by atoms with Crippen LogP contribution in [0.4, 0.5) is 10.2 Å². The number of ether oxygens (including phenoxy) is 2. The Morgan fingerprint density at radius 3 is 2.73 bits per heavy atom. The molecule has 0 atom stereocenters. The van der Waals surface area contributed by atoms with Crippen LogP contribution in [0.1, 0.15) is 53.9 Å². The molecule has 3 aliphatic rings. The van der Waals surface area contributed by atoms with Crippen LogP contribution in [0.15, 0.2) is 67.1 Å². The quantitative estimate of drug-likeness (QED) is 0.282. The fraction of sp³-hybridized carbons (Fsp3) is 0.382. The molecule has 1 aliphatic carbocycles. The lowest BCUT2D eigenvalue weighted by molar-refractivity contribution is -0.0350. The minimum Gasteiger partial charge on any atom is -0.490 e. The Labute approximate surface area is 261 Å². The van der Waals surface area contributed by atoms with Crippen molar-refractivity contribution in [3.8, 4) is 17.4 Å². The number of hydrogen-bond donors (Lipinski definition) is 1. The lowest BCUT2D eigenvalue weighted by Gasteiger charge is -2.58. The zero-order valence-corrected chi connectivity index (χ0v) is 25.4. The molecule has 0 bridgehead atoms. The van der Waals surface area contributed by atoms with Crippen LogP contribution in [0.3, 0.4) is 0 Å². The van der Waals surface area contributed by atoms with Gasteiger partial charge in [0.2, 0.25) is 0 Å². The Morgan fingerprint density at radius 1 is 1.11 bits per heavy atom. The van der Waals surface area contributed by atoms with Gasteiger partial charge in [0.1, 0.15) is 29.7 Å². The van der Waals surface area contributed by atoms with E-state index in [2.05, 4.69) is 30.4 Å². The molecule has 4 aromatic rings. The van der Waals surface area contributed by atoms with Crippen molar-refractivity contribution in [2.24, 2.45) is 5.41 Å². The molecule has 7 rings (SSSR count). The molecule has 1 N–H and O–H groups in total. The molecule has 10 nitrogen and oxygen atoms in total. The van der Waals surface area contributed by atoms with Crippen molar-refractivity contribution in [2.45, 2.75) is 58.3 Å². The SMILES string of the molecule is CC(C)N(Cc1ccccc1)C(=O)c1cc(F)ccc1Oc1nncnc1N1CC2(CC(Oc3ccnc4c3CNCC4)C2)C1. The first-order valence-corrected chi connectivity index (χ1v) is 15.5. The minimum absolute atomic E-state index is 0.115. The van der Waals surface area contributed by atoms with Crippen LogP contribution in [0.25, 0.3) is 0 Å². The van der Waals surface area contributed by atoms with E-state index in [0.717, 1.165) is 62.4 Å². The van der Waals surface area contributed by atoms with E-state index in [1.165, 1.54) is 30.1 Å². The number of benzene rings is 2. The number of amides is 1. The summed E-state index contributed by atoms with van der Waals surface area (Å²) in [6.07, 6.45) is 6.21. The average molecular weight is 610 g/mol. The molecule has 45 heavy (non-hydrogen) atoms. The number of pyridine rings is 1. The third kappa shape index (κ3) is 5.92. The Bertz CT molecular complexity index is 1690. The largest absolute Gasteiger partial charge is 0.490 e. The summed E-state index contributed by atoms with van der Waals surface area (Å²) in [5.74, 6) is 0.991. The number of halogens is 1. The molecule has 2 aliphatic heterocycles. The van der Waals surface area contributed by atoms with Crippen molar-refractivity contribution in [3.05, 3.63) is 95.3 Å². The van der Waals surface area contributed by atoms with Crippen molar-refractivity contribution in [1.82, 2.24) is 30.4 Å². The maximum Gasteiger partial charge on any atom is 0.282 e. The van der Waals surface area contributed by atoms with Crippen molar-refractivity contribution in [2.75, 3.05) is 24.5 Å². The maximum atomic E-state index is 14.5. The maximum absolute atomic E-state index is 14.5. The van der Waals surface area contributed by atoms with Gasteiger partial charge in [0.15, 0.2) is 5.82 Å². The molecule has 0 radical (unpaired) electrons. The van der Waals surface area contributed by atoms with Gasteiger partial charge in [0.25, 0.3) is 11.8 Å². The zero-order valence-electron chi connectivity index (χ0n) is 25.4. The lowest BCUT2D eigenvalue weighted by Crippen LogP contribution is -2.65. The van der Waals surface area contributed by atoms with Crippen molar-refractivity contribution >= 4 is 11.7 Å². The predicted molar refractivity (Wildman–Crippen MR) is 166 cm³/mol. The molecule has 2 aromatic carbocycles. The first-order chi connectivity index (χ1) is 21.9. The summed E-state index contributed by atoms with van der Waals surface area (Å²) < 4.78 is 27.1. The van der Waals surface area contributed by atoms with Crippen LogP contribution in [-0.2, 0) is 19.5 Å². The number of aromatic nitrogens is 4. The average Bonchev–Trinajstić information content (AvgIpc) is 3.02. The van der Waals surface area contributed by atoms with Gasteiger partial charge < -0.3 is 24.6 Å². The monoisotopic (exact) mass is 609 g/mol. The van der Waals surface area contributed by atoms with Crippen molar-refractivity contribution in [1.29, 1.82) is 0 Å². The van der Waals surface area contributed by atoms with Crippen LogP contribution in [-0.4, -0.2) is 62.8 Å². The number of hydrogen-bond acceptors (Lipinski definition) is 9. The lowest BCUT2D eigenvalue weighted by atomic mass is 9.61. The number of anilines is 1. The van der Waals surface area contributed by atoms with Gasteiger partial charge in [-0.3, -0.25) is 9.78 Å². The summed E-state index contributed by atoms with van der Waals surface area (Å²) in [5, 5.41) is 11.6. The number of nitrogens with zero attached hydrogens (tertiary/aromatic N) is 6. The topological polar surface area (TPSA) is 106 Å². The number of carbonyl (C=O) groups is 1. The van der Waals surface area contributed by atoms with Gasteiger partial charge >= 0.3 is 0 Å². The van der Waals surface area contributed by atoms with E-state index in [4.69, 9.17) is 9.47 Å².